The summed E-state index contributed by atoms with van der Waals surface area (Å²) in [7, 11) is 0. The third-order valence-electron chi connectivity index (χ3n) is 2.90. The van der Waals surface area contributed by atoms with Crippen LogP contribution < -0.4 is 0 Å². The van der Waals surface area contributed by atoms with E-state index >= 15 is 0 Å². The van der Waals surface area contributed by atoms with E-state index in [2.05, 4.69) is 4.98 Å². The molecule has 0 amide bonds. The molecule has 3 rings (SSSR count). The average molecular weight is 225 g/mol. The Labute approximate surface area is 98.1 Å². The molecule has 0 aliphatic carbocycles. The van der Waals surface area contributed by atoms with Crippen molar-refractivity contribution >= 4 is 16.7 Å². The maximum Gasteiger partial charge on any atom is 0.198 e. The van der Waals surface area contributed by atoms with Crippen LogP contribution in [0.5, 0.6) is 0 Å². The molecular formula is C14H11NO2. The molecule has 0 bridgehead atoms. The summed E-state index contributed by atoms with van der Waals surface area (Å²) in [6.07, 6.45) is 2.99. The van der Waals surface area contributed by atoms with E-state index in [9.17, 15) is 4.79 Å². The zero-order chi connectivity index (χ0) is 11.8. The molecule has 0 spiro atoms. The predicted octanol–water partition coefficient (Wildman–Crippen LogP) is 3.30. The van der Waals surface area contributed by atoms with Crippen molar-refractivity contribution in [3.8, 4) is 0 Å². The number of ketones is 1. The van der Waals surface area contributed by atoms with E-state index in [4.69, 9.17) is 4.42 Å². The number of carbonyl (C=O) groups excluding carboxylic acids is 1. The van der Waals surface area contributed by atoms with Crippen molar-refractivity contribution in [3.05, 3.63) is 59.7 Å². The number of aromatic amines is 1. The molecular weight excluding hydrogens is 214 g/mol. The van der Waals surface area contributed by atoms with Gasteiger partial charge in [-0.05, 0) is 19.1 Å². The highest BCUT2D eigenvalue weighted by Gasteiger charge is 2.17. The molecule has 0 saturated carbocycles. The van der Waals surface area contributed by atoms with Crippen LogP contribution in [-0.4, -0.2) is 10.8 Å². The molecule has 1 aromatic carbocycles. The van der Waals surface area contributed by atoms with E-state index in [0.717, 1.165) is 22.2 Å². The van der Waals surface area contributed by atoms with Gasteiger partial charge in [0.05, 0.1) is 17.4 Å². The van der Waals surface area contributed by atoms with Gasteiger partial charge in [0.2, 0.25) is 0 Å². The van der Waals surface area contributed by atoms with Gasteiger partial charge >= 0.3 is 0 Å². The fourth-order valence-corrected chi connectivity index (χ4v) is 2.11. The fourth-order valence-electron chi connectivity index (χ4n) is 2.11. The molecule has 0 atom stereocenters. The molecule has 84 valence electrons. The molecule has 0 fully saturated rings. The maximum atomic E-state index is 12.3. The Bertz CT molecular complexity index is 677. The first-order valence-corrected chi connectivity index (χ1v) is 5.41. The number of carbonyl (C=O) groups is 1. The van der Waals surface area contributed by atoms with Gasteiger partial charge in [0.1, 0.15) is 6.26 Å². The van der Waals surface area contributed by atoms with Gasteiger partial charge in [-0.15, -0.1) is 0 Å². The van der Waals surface area contributed by atoms with Gasteiger partial charge in [0.15, 0.2) is 5.78 Å². The quantitative estimate of drug-likeness (QED) is 0.680. The lowest BCUT2D eigenvalue weighted by molar-refractivity contribution is 0.103. The number of rotatable bonds is 2. The number of hydrogen-bond donors (Lipinski definition) is 1. The Hall–Kier alpha value is -2.29. The van der Waals surface area contributed by atoms with Crippen LogP contribution in [0.1, 0.15) is 21.6 Å². The van der Waals surface area contributed by atoms with Crippen LogP contribution in [0.4, 0.5) is 0 Å². The largest absolute Gasteiger partial charge is 0.472 e. The first-order chi connectivity index (χ1) is 8.27. The molecule has 2 aromatic heterocycles. The SMILES string of the molecule is Cc1[nH]c2ccccc2c1C(=O)c1ccoc1. The van der Waals surface area contributed by atoms with Crippen LogP contribution in [0.3, 0.4) is 0 Å². The summed E-state index contributed by atoms with van der Waals surface area (Å²) in [5, 5.41) is 0.955. The van der Waals surface area contributed by atoms with Gasteiger partial charge in [-0.1, -0.05) is 18.2 Å². The molecule has 0 unspecified atom stereocenters. The smallest absolute Gasteiger partial charge is 0.198 e. The Morgan fingerprint density at radius 2 is 2.06 bits per heavy atom. The summed E-state index contributed by atoms with van der Waals surface area (Å²) in [4.78, 5) is 15.5. The first-order valence-electron chi connectivity index (χ1n) is 5.41. The summed E-state index contributed by atoms with van der Waals surface area (Å²) in [5.41, 5.74) is 3.18. The van der Waals surface area contributed by atoms with Crippen molar-refractivity contribution in [1.29, 1.82) is 0 Å². The van der Waals surface area contributed by atoms with E-state index in [1.807, 2.05) is 31.2 Å². The number of hydrogen-bond acceptors (Lipinski definition) is 2. The normalized spacial score (nSPS) is 10.9. The standard InChI is InChI=1S/C14H11NO2/c1-9-13(14(16)10-6-7-17-8-10)11-4-2-3-5-12(11)15-9/h2-8,15H,1H3. The lowest BCUT2D eigenvalue weighted by Crippen LogP contribution is -2.00. The molecule has 0 saturated heterocycles. The molecule has 3 aromatic rings. The van der Waals surface area contributed by atoms with Gasteiger partial charge in [-0.25, -0.2) is 0 Å². The summed E-state index contributed by atoms with van der Waals surface area (Å²) in [6, 6.07) is 9.48. The van der Waals surface area contributed by atoms with Crippen molar-refractivity contribution < 1.29 is 9.21 Å². The molecule has 2 heterocycles. The number of para-hydroxylation sites is 1. The second-order valence-electron chi connectivity index (χ2n) is 4.01. The minimum atomic E-state index is -0.00583. The maximum absolute atomic E-state index is 12.3. The van der Waals surface area contributed by atoms with E-state index < -0.39 is 0 Å². The summed E-state index contributed by atoms with van der Waals surface area (Å²) in [6.45, 7) is 1.91. The number of H-pyrrole nitrogens is 1. The molecule has 0 aliphatic heterocycles. The van der Waals surface area contributed by atoms with Crippen LogP contribution in [0.25, 0.3) is 10.9 Å². The van der Waals surface area contributed by atoms with E-state index in [-0.39, 0.29) is 5.78 Å². The Morgan fingerprint density at radius 1 is 1.24 bits per heavy atom. The van der Waals surface area contributed by atoms with E-state index in [0.29, 0.717) is 5.56 Å². The highest BCUT2D eigenvalue weighted by Crippen LogP contribution is 2.24. The molecule has 0 radical (unpaired) electrons. The van der Waals surface area contributed by atoms with Crippen LogP contribution in [0, 0.1) is 6.92 Å². The lowest BCUT2D eigenvalue weighted by atomic mass is 10.0. The third-order valence-corrected chi connectivity index (χ3v) is 2.90. The molecule has 3 nitrogen and oxygen atoms in total. The van der Waals surface area contributed by atoms with E-state index in [1.54, 1.807) is 6.07 Å². The van der Waals surface area contributed by atoms with Gasteiger partial charge in [0.25, 0.3) is 0 Å². The Morgan fingerprint density at radius 3 is 2.82 bits per heavy atom. The molecule has 1 N–H and O–H groups in total. The minimum Gasteiger partial charge on any atom is -0.472 e. The monoisotopic (exact) mass is 225 g/mol. The van der Waals surface area contributed by atoms with Crippen molar-refractivity contribution in [1.82, 2.24) is 4.98 Å². The average Bonchev–Trinajstić information content (AvgIpc) is 2.94. The lowest BCUT2D eigenvalue weighted by Gasteiger charge is -1.97. The number of furan rings is 1. The molecule has 3 heteroatoms. The number of aromatic nitrogens is 1. The Balaban J connectivity index is 2.24. The highest BCUT2D eigenvalue weighted by molar-refractivity contribution is 6.17. The van der Waals surface area contributed by atoms with Gasteiger partial charge in [0, 0.05) is 16.6 Å². The molecule has 17 heavy (non-hydrogen) atoms. The Kier molecular flexibility index (Phi) is 2.11. The van der Waals surface area contributed by atoms with Crippen molar-refractivity contribution in [2.24, 2.45) is 0 Å². The molecule has 0 aliphatic rings. The summed E-state index contributed by atoms with van der Waals surface area (Å²) >= 11 is 0. The minimum absolute atomic E-state index is 0.00583. The number of nitrogens with one attached hydrogen (secondary N) is 1. The van der Waals surface area contributed by atoms with Gasteiger partial charge < -0.3 is 9.40 Å². The highest BCUT2D eigenvalue weighted by atomic mass is 16.3. The summed E-state index contributed by atoms with van der Waals surface area (Å²) < 4.78 is 4.95. The second kappa shape index (κ2) is 3.63. The fraction of sp³-hybridized carbons (Fsp3) is 0.0714. The zero-order valence-corrected chi connectivity index (χ0v) is 9.36. The van der Waals surface area contributed by atoms with Crippen molar-refractivity contribution in [2.45, 2.75) is 6.92 Å². The van der Waals surface area contributed by atoms with Crippen LogP contribution in [0.2, 0.25) is 0 Å². The number of benzene rings is 1. The van der Waals surface area contributed by atoms with Gasteiger partial charge in [-0.2, -0.15) is 0 Å². The van der Waals surface area contributed by atoms with Crippen LogP contribution >= 0.6 is 0 Å². The van der Waals surface area contributed by atoms with Crippen molar-refractivity contribution in [2.75, 3.05) is 0 Å². The zero-order valence-electron chi connectivity index (χ0n) is 9.36. The predicted molar refractivity (Wildman–Crippen MR) is 65.2 cm³/mol. The number of fused-ring (bicyclic) bond motifs is 1. The van der Waals surface area contributed by atoms with E-state index in [1.165, 1.54) is 12.5 Å². The van der Waals surface area contributed by atoms with Crippen LogP contribution in [0.15, 0.2) is 47.3 Å². The van der Waals surface area contributed by atoms with Crippen molar-refractivity contribution in [3.63, 3.8) is 0 Å². The first kappa shape index (κ1) is 9.90. The second-order valence-corrected chi connectivity index (χ2v) is 4.01. The number of aryl methyl sites for hydroxylation is 1. The van der Waals surface area contributed by atoms with Crippen LogP contribution in [-0.2, 0) is 0 Å². The van der Waals surface area contributed by atoms with Gasteiger partial charge in [-0.3, -0.25) is 4.79 Å². The third kappa shape index (κ3) is 1.47. The summed E-state index contributed by atoms with van der Waals surface area (Å²) in [5.74, 6) is -0.00583. The topological polar surface area (TPSA) is 46.0 Å².